The number of aromatic nitrogens is 1. The van der Waals surface area contributed by atoms with Crippen molar-refractivity contribution in [1.82, 2.24) is 9.71 Å². The number of nitro groups is 1. The monoisotopic (exact) mass is 467 g/mol. The van der Waals surface area contributed by atoms with E-state index in [1.807, 2.05) is 0 Å². The van der Waals surface area contributed by atoms with Crippen LogP contribution in [-0.2, 0) is 21.0 Å². The van der Waals surface area contributed by atoms with Crippen molar-refractivity contribution >= 4 is 21.6 Å². The summed E-state index contributed by atoms with van der Waals surface area (Å²) in [6.45, 7) is 1.11. The highest BCUT2D eigenvalue weighted by Gasteiger charge is 2.33. The number of halogens is 4. The second-order valence-corrected chi connectivity index (χ2v) is 7.72. The lowest BCUT2D eigenvalue weighted by atomic mass is 10.2. The maximum atomic E-state index is 14.0. The summed E-state index contributed by atoms with van der Waals surface area (Å²) >= 11 is 0. The van der Waals surface area contributed by atoms with Crippen molar-refractivity contribution in [3.63, 3.8) is 0 Å². The van der Waals surface area contributed by atoms with Gasteiger partial charge in [0.25, 0.3) is 11.8 Å². The molecular weight excluding hydrogens is 454 g/mol. The third-order valence-corrected chi connectivity index (χ3v) is 4.02. The lowest BCUT2D eigenvalue weighted by molar-refractivity contribution is -0.386. The first kappa shape index (κ1) is 23.8. The van der Waals surface area contributed by atoms with Crippen LogP contribution in [0.4, 0.5) is 23.2 Å². The number of hydrogen-bond acceptors (Lipinski definition) is 8. The molecule has 0 aliphatic carbocycles. The summed E-state index contributed by atoms with van der Waals surface area (Å²) in [5, 5.41) is 11.5. The van der Waals surface area contributed by atoms with Gasteiger partial charge in [-0.05, 0) is 25.1 Å². The number of carbonyl (C=O) groups excluding carboxylic acids is 1. The first-order valence-electron chi connectivity index (χ1n) is 8.05. The molecule has 0 radical (unpaired) electrons. The molecule has 1 aromatic heterocycles. The molecule has 1 heterocycles. The number of alkyl halides is 3. The topological polar surface area (TPSA) is 138 Å². The van der Waals surface area contributed by atoms with Crippen LogP contribution in [0.3, 0.4) is 0 Å². The zero-order valence-corrected chi connectivity index (χ0v) is 16.5. The number of amides is 1. The highest BCUT2D eigenvalue weighted by atomic mass is 32.2. The van der Waals surface area contributed by atoms with E-state index in [-0.39, 0.29) is 12.3 Å². The minimum Gasteiger partial charge on any atom is -0.474 e. The van der Waals surface area contributed by atoms with Crippen LogP contribution in [0.15, 0.2) is 30.5 Å². The second-order valence-electron chi connectivity index (χ2n) is 5.97. The molecule has 2 rings (SSSR count). The van der Waals surface area contributed by atoms with Crippen molar-refractivity contribution < 1.29 is 45.2 Å². The van der Waals surface area contributed by atoms with E-state index in [0.717, 1.165) is 25.1 Å². The molecule has 0 fully saturated rings. The maximum Gasteiger partial charge on any atom is 0.417 e. The molecule has 1 unspecified atom stereocenters. The summed E-state index contributed by atoms with van der Waals surface area (Å²) in [6, 6.07) is 3.30. The van der Waals surface area contributed by atoms with E-state index in [0.29, 0.717) is 6.26 Å². The number of nitro benzene ring substituents is 1. The van der Waals surface area contributed by atoms with E-state index < -0.39 is 67.6 Å². The van der Waals surface area contributed by atoms with Crippen LogP contribution in [0.1, 0.15) is 12.5 Å². The van der Waals surface area contributed by atoms with Crippen molar-refractivity contribution in [3.05, 3.63) is 52.0 Å². The van der Waals surface area contributed by atoms with Gasteiger partial charge in [0.05, 0.1) is 16.7 Å². The van der Waals surface area contributed by atoms with E-state index in [1.54, 1.807) is 4.72 Å². The van der Waals surface area contributed by atoms with E-state index in [9.17, 15) is 40.9 Å². The van der Waals surface area contributed by atoms with Gasteiger partial charge < -0.3 is 9.47 Å². The molecule has 2 aromatic rings. The van der Waals surface area contributed by atoms with Crippen LogP contribution >= 0.6 is 0 Å². The predicted molar refractivity (Wildman–Crippen MR) is 95.4 cm³/mol. The van der Waals surface area contributed by atoms with Gasteiger partial charge in [-0.25, -0.2) is 17.8 Å². The molecule has 168 valence electrons. The summed E-state index contributed by atoms with van der Waals surface area (Å²) < 4.78 is 85.8. The van der Waals surface area contributed by atoms with Crippen molar-refractivity contribution in [2.24, 2.45) is 0 Å². The van der Waals surface area contributed by atoms with Gasteiger partial charge in [0, 0.05) is 6.20 Å². The van der Waals surface area contributed by atoms with Gasteiger partial charge in [-0.3, -0.25) is 19.6 Å². The molecular formula is C16H13F4N3O7S. The lowest BCUT2D eigenvalue weighted by Gasteiger charge is -2.15. The fourth-order valence-electron chi connectivity index (χ4n) is 2.13. The fourth-order valence-corrected chi connectivity index (χ4v) is 2.66. The number of nitrogens with one attached hydrogen (secondary N) is 1. The molecule has 0 spiro atoms. The van der Waals surface area contributed by atoms with Gasteiger partial charge in [0.1, 0.15) is 0 Å². The Kier molecular flexibility index (Phi) is 6.68. The largest absolute Gasteiger partial charge is 0.474 e. The van der Waals surface area contributed by atoms with Crippen LogP contribution in [0.25, 0.3) is 0 Å². The van der Waals surface area contributed by atoms with E-state index in [1.165, 1.54) is 0 Å². The molecule has 0 bridgehead atoms. The average molecular weight is 467 g/mol. The lowest BCUT2D eigenvalue weighted by Crippen LogP contribution is -2.39. The number of para-hydroxylation sites is 1. The molecule has 1 aromatic carbocycles. The SMILES string of the molecule is CC(Oc1cccc(Oc2ncc(C(F)(F)F)cc2F)c1[N+](=O)[O-])C(=O)NS(C)(=O)=O. The first-order valence-corrected chi connectivity index (χ1v) is 9.94. The third kappa shape index (κ3) is 6.24. The zero-order chi connectivity index (χ0) is 23.6. The number of ether oxygens (including phenoxy) is 2. The van der Waals surface area contributed by atoms with Gasteiger partial charge in [0.15, 0.2) is 11.9 Å². The molecule has 1 N–H and O–H groups in total. The Hall–Kier alpha value is -3.49. The van der Waals surface area contributed by atoms with Crippen LogP contribution in [-0.4, -0.2) is 36.6 Å². The Morgan fingerprint density at radius 3 is 2.42 bits per heavy atom. The number of rotatable bonds is 7. The molecule has 0 aliphatic rings. The number of benzene rings is 1. The number of hydrogen-bond donors (Lipinski definition) is 1. The zero-order valence-electron chi connectivity index (χ0n) is 15.6. The van der Waals surface area contributed by atoms with Crippen LogP contribution in [0, 0.1) is 15.9 Å². The quantitative estimate of drug-likeness (QED) is 0.373. The Bertz CT molecular complexity index is 1120. The molecule has 10 nitrogen and oxygen atoms in total. The van der Waals surface area contributed by atoms with Gasteiger partial charge >= 0.3 is 11.9 Å². The highest BCUT2D eigenvalue weighted by molar-refractivity contribution is 7.89. The molecule has 15 heteroatoms. The summed E-state index contributed by atoms with van der Waals surface area (Å²) in [5.41, 5.74) is -2.29. The van der Waals surface area contributed by atoms with E-state index in [2.05, 4.69) is 4.98 Å². The summed E-state index contributed by atoms with van der Waals surface area (Å²) in [5.74, 6) is -4.83. The number of sulfonamides is 1. The van der Waals surface area contributed by atoms with E-state index >= 15 is 0 Å². The van der Waals surface area contributed by atoms with Crippen LogP contribution in [0.2, 0.25) is 0 Å². The summed E-state index contributed by atoms with van der Waals surface area (Å²) in [4.78, 5) is 25.5. The maximum absolute atomic E-state index is 14.0. The van der Waals surface area contributed by atoms with Crippen LogP contribution in [0.5, 0.6) is 17.4 Å². The minimum absolute atomic E-state index is 0.103. The highest BCUT2D eigenvalue weighted by Crippen LogP contribution is 2.40. The number of pyridine rings is 1. The molecule has 1 atom stereocenters. The Balaban J connectivity index is 2.36. The van der Waals surface area contributed by atoms with Crippen molar-refractivity contribution in [1.29, 1.82) is 0 Å². The van der Waals surface area contributed by atoms with Crippen LogP contribution < -0.4 is 14.2 Å². The fraction of sp³-hybridized carbons (Fsp3) is 0.250. The second kappa shape index (κ2) is 8.71. The Morgan fingerprint density at radius 1 is 1.29 bits per heavy atom. The van der Waals surface area contributed by atoms with Crippen molar-refractivity contribution in [3.8, 4) is 17.4 Å². The smallest absolute Gasteiger partial charge is 0.417 e. The molecule has 0 saturated carbocycles. The summed E-state index contributed by atoms with van der Waals surface area (Å²) in [7, 11) is -3.92. The predicted octanol–water partition coefficient (Wildman–Crippen LogP) is 2.78. The van der Waals surface area contributed by atoms with Gasteiger partial charge in [-0.2, -0.15) is 13.2 Å². The van der Waals surface area contributed by atoms with E-state index in [4.69, 9.17) is 9.47 Å². The normalized spacial score (nSPS) is 12.7. The molecule has 1 amide bonds. The Morgan fingerprint density at radius 2 is 1.90 bits per heavy atom. The standard InChI is InChI=1S/C16H13F4N3O7S/c1-8(14(24)22-31(2,27)28)29-11-4-3-5-12(13(11)23(25)26)30-15-10(17)6-9(7-21-15)16(18,19)20/h3-8H,1-2H3,(H,22,24). The summed E-state index contributed by atoms with van der Waals surface area (Å²) in [6.07, 6.45) is -5.39. The third-order valence-electron chi connectivity index (χ3n) is 3.44. The average Bonchev–Trinajstić information content (AvgIpc) is 2.61. The minimum atomic E-state index is -4.87. The number of nitrogens with zero attached hydrogens (tertiary/aromatic N) is 2. The van der Waals surface area contributed by atoms with Crippen molar-refractivity contribution in [2.75, 3.05) is 6.26 Å². The van der Waals surface area contributed by atoms with Crippen molar-refractivity contribution in [2.45, 2.75) is 19.2 Å². The molecule has 31 heavy (non-hydrogen) atoms. The Labute approximate surface area is 172 Å². The number of carbonyl (C=O) groups is 1. The van der Waals surface area contributed by atoms with Gasteiger partial charge in [0.2, 0.25) is 21.5 Å². The van der Waals surface area contributed by atoms with Gasteiger partial charge in [-0.1, -0.05) is 6.07 Å². The molecule has 0 saturated heterocycles. The molecule has 0 aliphatic heterocycles. The first-order chi connectivity index (χ1) is 14.2. The van der Waals surface area contributed by atoms with Gasteiger partial charge in [-0.15, -0.1) is 0 Å².